The van der Waals surface area contributed by atoms with Crippen LogP contribution in [0.15, 0.2) is 40.4 Å². The predicted octanol–water partition coefficient (Wildman–Crippen LogP) is 3.64. The number of thiophene rings is 1. The molecule has 7 heteroatoms. The molecule has 22 heavy (non-hydrogen) atoms. The second-order valence-electron chi connectivity index (χ2n) is 4.43. The summed E-state index contributed by atoms with van der Waals surface area (Å²) < 4.78 is 5.13. The number of phenols is 2. The largest absolute Gasteiger partial charge is 0.508 e. The molecule has 3 aromatic rings. The van der Waals surface area contributed by atoms with Gasteiger partial charge in [0.05, 0.1) is 5.69 Å². The van der Waals surface area contributed by atoms with Crippen LogP contribution in [0.4, 0.5) is 0 Å². The average Bonchev–Trinajstić information content (AvgIpc) is 3.16. The topological polar surface area (TPSA) is 79.7 Å². The monoisotopic (exact) mass is 333 g/mol. The third-order valence-corrected chi connectivity index (χ3v) is 4.50. The first-order valence-electron chi connectivity index (χ1n) is 6.29. The summed E-state index contributed by atoms with van der Waals surface area (Å²) in [5.74, 6) is -1.10. The quantitative estimate of drug-likeness (QED) is 0.713. The Bertz CT molecular complexity index is 796. The van der Waals surface area contributed by atoms with Crippen LogP contribution in [0.1, 0.15) is 16.1 Å². The Kier molecular flexibility index (Phi) is 4.08. The first-order valence-corrected chi connectivity index (χ1v) is 8.12. The maximum Gasteiger partial charge on any atom is 0.342 e. The fourth-order valence-corrected chi connectivity index (χ4v) is 3.32. The van der Waals surface area contributed by atoms with E-state index in [1.807, 2.05) is 22.2 Å². The molecule has 0 radical (unpaired) electrons. The van der Waals surface area contributed by atoms with E-state index < -0.39 is 5.97 Å². The van der Waals surface area contributed by atoms with Crippen LogP contribution in [0, 0.1) is 0 Å². The summed E-state index contributed by atoms with van der Waals surface area (Å²) in [5.41, 5.74) is 1.70. The predicted molar refractivity (Wildman–Crippen MR) is 84.3 cm³/mol. The van der Waals surface area contributed by atoms with Gasteiger partial charge in [-0.1, -0.05) is 0 Å². The number of phenolic OH excluding ortho intramolecular Hbond substituents is 2. The van der Waals surface area contributed by atoms with Crippen molar-refractivity contribution in [3.05, 3.63) is 51.7 Å². The number of nitrogens with zero attached hydrogens (tertiary/aromatic N) is 1. The van der Waals surface area contributed by atoms with Gasteiger partial charge in [-0.25, -0.2) is 9.78 Å². The Morgan fingerprint density at radius 3 is 2.82 bits per heavy atom. The Balaban J connectivity index is 1.66. The summed E-state index contributed by atoms with van der Waals surface area (Å²) >= 11 is 3.08. The Morgan fingerprint density at radius 1 is 1.23 bits per heavy atom. The van der Waals surface area contributed by atoms with Gasteiger partial charge in [0.1, 0.15) is 28.7 Å². The molecule has 0 bridgehead atoms. The van der Waals surface area contributed by atoms with Crippen LogP contribution in [-0.4, -0.2) is 21.2 Å². The molecule has 0 saturated carbocycles. The first-order chi connectivity index (χ1) is 10.6. The summed E-state index contributed by atoms with van der Waals surface area (Å²) in [6.45, 7) is 0.0276. The van der Waals surface area contributed by atoms with Crippen molar-refractivity contribution in [1.82, 2.24) is 4.98 Å². The highest BCUT2D eigenvalue weighted by Crippen LogP contribution is 2.27. The molecule has 2 N–H and O–H groups in total. The molecule has 0 saturated heterocycles. The fourth-order valence-electron chi connectivity index (χ4n) is 1.80. The van der Waals surface area contributed by atoms with Crippen LogP contribution in [0.25, 0.3) is 10.6 Å². The van der Waals surface area contributed by atoms with Gasteiger partial charge in [-0.3, -0.25) is 0 Å². The summed E-state index contributed by atoms with van der Waals surface area (Å²) in [7, 11) is 0. The van der Waals surface area contributed by atoms with Gasteiger partial charge in [-0.2, -0.15) is 11.3 Å². The molecule has 0 fully saturated rings. The van der Waals surface area contributed by atoms with Crippen LogP contribution < -0.4 is 0 Å². The number of aromatic nitrogens is 1. The zero-order chi connectivity index (χ0) is 15.5. The standard InChI is InChI=1S/C15H11NO4S2/c17-11-1-2-12(13(18)5-11)15(19)20-6-10-8-22-14(16-10)9-3-4-21-7-9/h1-5,7-8,17-18H,6H2. The van der Waals surface area contributed by atoms with E-state index in [1.165, 1.54) is 23.5 Å². The van der Waals surface area contributed by atoms with Gasteiger partial charge in [0.15, 0.2) is 0 Å². The summed E-state index contributed by atoms with van der Waals surface area (Å²) in [4.78, 5) is 16.3. The molecule has 0 amide bonds. The Labute approximate surface area is 134 Å². The number of thiazole rings is 1. The highest BCUT2D eigenvalue weighted by molar-refractivity contribution is 7.14. The number of hydrogen-bond donors (Lipinski definition) is 2. The van der Waals surface area contributed by atoms with Crippen LogP contribution in [0.5, 0.6) is 11.5 Å². The molecule has 5 nitrogen and oxygen atoms in total. The highest BCUT2D eigenvalue weighted by atomic mass is 32.1. The van der Waals surface area contributed by atoms with E-state index in [-0.39, 0.29) is 23.7 Å². The normalized spacial score (nSPS) is 10.5. The van der Waals surface area contributed by atoms with Crippen molar-refractivity contribution in [2.75, 3.05) is 0 Å². The van der Waals surface area contributed by atoms with Gasteiger partial charge in [0.2, 0.25) is 0 Å². The lowest BCUT2D eigenvalue weighted by Crippen LogP contribution is -2.05. The molecular weight excluding hydrogens is 322 g/mol. The number of hydrogen-bond acceptors (Lipinski definition) is 7. The minimum absolute atomic E-state index is 0.00564. The van der Waals surface area contributed by atoms with Gasteiger partial charge >= 0.3 is 5.97 Å². The lowest BCUT2D eigenvalue weighted by atomic mass is 10.2. The van der Waals surface area contributed by atoms with Gasteiger partial charge in [-0.15, -0.1) is 11.3 Å². The van der Waals surface area contributed by atoms with Crippen LogP contribution >= 0.6 is 22.7 Å². The third kappa shape index (κ3) is 3.10. The SMILES string of the molecule is O=C(OCc1csc(-c2ccsc2)n1)c1ccc(O)cc1O. The van der Waals surface area contributed by atoms with Crippen molar-refractivity contribution in [2.45, 2.75) is 6.61 Å². The molecule has 112 valence electrons. The van der Waals surface area contributed by atoms with Gasteiger partial charge < -0.3 is 14.9 Å². The molecule has 2 heterocycles. The molecule has 0 unspecified atom stereocenters. The van der Waals surface area contributed by atoms with E-state index in [4.69, 9.17) is 4.74 Å². The Hall–Kier alpha value is -2.38. The molecule has 0 atom stereocenters. The maximum atomic E-state index is 11.9. The molecule has 0 aliphatic carbocycles. The fraction of sp³-hybridized carbons (Fsp3) is 0.0667. The summed E-state index contributed by atoms with van der Waals surface area (Å²) in [5, 5.41) is 25.5. The third-order valence-electron chi connectivity index (χ3n) is 2.87. The number of esters is 1. The van der Waals surface area contributed by atoms with Gasteiger partial charge in [0.25, 0.3) is 0 Å². The van der Waals surface area contributed by atoms with Crippen molar-refractivity contribution < 1.29 is 19.7 Å². The minimum atomic E-state index is -0.664. The van der Waals surface area contributed by atoms with Crippen molar-refractivity contribution in [1.29, 1.82) is 0 Å². The highest BCUT2D eigenvalue weighted by Gasteiger charge is 2.14. The second-order valence-corrected chi connectivity index (χ2v) is 6.07. The maximum absolute atomic E-state index is 11.9. The molecule has 0 aliphatic rings. The number of aromatic hydroxyl groups is 2. The zero-order valence-electron chi connectivity index (χ0n) is 11.2. The molecule has 1 aromatic carbocycles. The van der Waals surface area contributed by atoms with Gasteiger partial charge in [0, 0.05) is 22.4 Å². The second kappa shape index (κ2) is 6.17. The number of carbonyl (C=O) groups excluding carboxylic acids is 1. The van der Waals surface area contributed by atoms with E-state index in [1.54, 1.807) is 11.3 Å². The molecule has 2 aromatic heterocycles. The van der Waals surface area contributed by atoms with Crippen LogP contribution in [-0.2, 0) is 11.3 Å². The number of ether oxygens (including phenoxy) is 1. The summed E-state index contributed by atoms with van der Waals surface area (Å²) in [6, 6.07) is 5.69. The first kappa shape index (κ1) is 14.6. The number of rotatable bonds is 4. The van der Waals surface area contributed by atoms with Gasteiger partial charge in [-0.05, 0) is 23.6 Å². The van der Waals surface area contributed by atoms with Crippen molar-refractivity contribution in [3.8, 4) is 22.1 Å². The lowest BCUT2D eigenvalue weighted by Gasteiger charge is -2.05. The summed E-state index contributed by atoms with van der Waals surface area (Å²) in [6.07, 6.45) is 0. The van der Waals surface area contributed by atoms with Crippen LogP contribution in [0.3, 0.4) is 0 Å². The number of benzene rings is 1. The molecule has 0 spiro atoms. The van der Waals surface area contributed by atoms with E-state index in [0.29, 0.717) is 5.69 Å². The molecule has 3 rings (SSSR count). The smallest absolute Gasteiger partial charge is 0.342 e. The van der Waals surface area contributed by atoms with Crippen molar-refractivity contribution in [2.24, 2.45) is 0 Å². The minimum Gasteiger partial charge on any atom is -0.508 e. The lowest BCUT2D eigenvalue weighted by molar-refractivity contribution is 0.0465. The van der Waals surface area contributed by atoms with E-state index in [2.05, 4.69) is 4.98 Å². The zero-order valence-corrected chi connectivity index (χ0v) is 12.9. The number of carbonyl (C=O) groups is 1. The molecule has 0 aliphatic heterocycles. The van der Waals surface area contributed by atoms with E-state index in [0.717, 1.165) is 16.6 Å². The van der Waals surface area contributed by atoms with E-state index >= 15 is 0 Å². The van der Waals surface area contributed by atoms with Crippen molar-refractivity contribution in [3.63, 3.8) is 0 Å². The van der Waals surface area contributed by atoms with E-state index in [9.17, 15) is 15.0 Å². The molecular formula is C15H11NO4S2. The van der Waals surface area contributed by atoms with Crippen LogP contribution in [0.2, 0.25) is 0 Å². The van der Waals surface area contributed by atoms with Crippen molar-refractivity contribution >= 4 is 28.6 Å². The average molecular weight is 333 g/mol. The Morgan fingerprint density at radius 2 is 2.09 bits per heavy atom.